The molecular formula is C22H30FN3O2. The van der Waals surface area contributed by atoms with Crippen molar-refractivity contribution in [1.82, 2.24) is 15.1 Å². The molecule has 152 valence electrons. The number of piperidine rings is 1. The molecule has 2 heterocycles. The zero-order valence-corrected chi connectivity index (χ0v) is 16.6. The minimum atomic E-state index is -0.793. The van der Waals surface area contributed by atoms with Crippen molar-refractivity contribution in [3.63, 3.8) is 0 Å². The second kappa shape index (κ2) is 7.82. The van der Waals surface area contributed by atoms with Crippen LogP contribution in [0.4, 0.5) is 4.39 Å². The average Bonchev–Trinajstić information content (AvgIpc) is 2.69. The highest BCUT2D eigenvalue weighted by Gasteiger charge is 2.55. The number of hydrogen-bond donors (Lipinski definition) is 1. The molecule has 6 heteroatoms. The first kappa shape index (κ1) is 19.4. The maximum atomic E-state index is 13.5. The number of nitrogens with one attached hydrogen (secondary N) is 1. The van der Waals surface area contributed by atoms with E-state index in [9.17, 15) is 14.0 Å². The summed E-state index contributed by atoms with van der Waals surface area (Å²) >= 11 is 0. The van der Waals surface area contributed by atoms with Crippen LogP contribution in [0, 0.1) is 5.82 Å². The first-order valence-electron chi connectivity index (χ1n) is 10.6. The van der Waals surface area contributed by atoms with Crippen molar-refractivity contribution in [2.75, 3.05) is 20.1 Å². The molecule has 0 bridgehead atoms. The van der Waals surface area contributed by atoms with E-state index >= 15 is 0 Å². The Bertz CT molecular complexity index is 722. The van der Waals surface area contributed by atoms with Gasteiger partial charge in [0.25, 0.3) is 0 Å². The molecule has 1 unspecified atom stereocenters. The summed E-state index contributed by atoms with van der Waals surface area (Å²) in [7, 11) is 2.05. The molecule has 2 amide bonds. The molecule has 0 aromatic heterocycles. The Balaban J connectivity index is 1.60. The summed E-state index contributed by atoms with van der Waals surface area (Å²) in [5, 5.41) is 3.28. The van der Waals surface area contributed by atoms with Gasteiger partial charge in [0.1, 0.15) is 11.4 Å². The van der Waals surface area contributed by atoms with Crippen LogP contribution in [0.5, 0.6) is 0 Å². The Morgan fingerprint density at radius 3 is 2.36 bits per heavy atom. The average molecular weight is 387 g/mol. The van der Waals surface area contributed by atoms with Crippen LogP contribution in [0.2, 0.25) is 0 Å². The molecule has 1 N–H and O–H groups in total. The number of halogens is 1. The molecule has 1 atom stereocenters. The van der Waals surface area contributed by atoms with Gasteiger partial charge in [0.05, 0.1) is 12.5 Å². The Morgan fingerprint density at radius 2 is 1.75 bits per heavy atom. The first-order valence-corrected chi connectivity index (χ1v) is 10.6. The largest absolute Gasteiger partial charge is 0.351 e. The Hall–Kier alpha value is -1.95. The molecule has 1 aromatic rings. The Morgan fingerprint density at radius 1 is 1.11 bits per heavy atom. The van der Waals surface area contributed by atoms with Gasteiger partial charge in [0.2, 0.25) is 11.8 Å². The van der Waals surface area contributed by atoms with Gasteiger partial charge in [-0.2, -0.15) is 0 Å². The Labute approximate surface area is 166 Å². The fourth-order valence-electron chi connectivity index (χ4n) is 5.04. The number of β-lactam (4-membered cyclic amide) rings is 1. The number of hydrogen-bond acceptors (Lipinski definition) is 3. The van der Waals surface area contributed by atoms with Gasteiger partial charge in [-0.1, -0.05) is 31.4 Å². The minimum absolute atomic E-state index is 0.00709. The van der Waals surface area contributed by atoms with E-state index in [0.717, 1.165) is 44.3 Å². The molecule has 2 saturated heterocycles. The molecule has 3 fully saturated rings. The molecule has 0 spiro atoms. The van der Waals surface area contributed by atoms with Gasteiger partial charge in [0.15, 0.2) is 0 Å². The third-order valence-electron chi connectivity index (χ3n) is 6.84. The normalized spacial score (nSPS) is 26.0. The SMILES string of the molecule is CN1CCC(C(=O)NC2CCCCC2)(N2C(=O)CC2c2ccc(F)cc2)CC1. The van der Waals surface area contributed by atoms with Gasteiger partial charge in [-0.05, 0) is 50.4 Å². The number of benzene rings is 1. The monoisotopic (exact) mass is 387 g/mol. The second-order valence-corrected chi connectivity index (χ2v) is 8.68. The maximum Gasteiger partial charge on any atom is 0.246 e. The van der Waals surface area contributed by atoms with Crippen LogP contribution in [0.3, 0.4) is 0 Å². The van der Waals surface area contributed by atoms with E-state index in [4.69, 9.17) is 0 Å². The van der Waals surface area contributed by atoms with Crippen molar-refractivity contribution in [3.05, 3.63) is 35.6 Å². The highest BCUT2D eigenvalue weighted by Crippen LogP contribution is 2.44. The zero-order chi connectivity index (χ0) is 19.7. The summed E-state index contributed by atoms with van der Waals surface area (Å²) in [6.45, 7) is 1.58. The van der Waals surface area contributed by atoms with Crippen LogP contribution < -0.4 is 5.32 Å². The molecule has 2 aliphatic heterocycles. The molecule has 1 aromatic carbocycles. The number of rotatable bonds is 4. The maximum absolute atomic E-state index is 13.5. The lowest BCUT2D eigenvalue weighted by Crippen LogP contribution is -2.69. The van der Waals surface area contributed by atoms with Crippen LogP contribution in [0.15, 0.2) is 24.3 Å². The van der Waals surface area contributed by atoms with Gasteiger partial charge >= 0.3 is 0 Å². The van der Waals surface area contributed by atoms with Crippen LogP contribution in [0.1, 0.15) is 63.0 Å². The van der Waals surface area contributed by atoms with Crippen molar-refractivity contribution < 1.29 is 14.0 Å². The van der Waals surface area contributed by atoms with Crippen LogP contribution in [0.25, 0.3) is 0 Å². The number of likely N-dealkylation sites (tertiary alicyclic amines) is 2. The zero-order valence-electron chi connectivity index (χ0n) is 16.6. The van der Waals surface area contributed by atoms with Crippen molar-refractivity contribution in [2.24, 2.45) is 0 Å². The van der Waals surface area contributed by atoms with Crippen molar-refractivity contribution >= 4 is 11.8 Å². The van der Waals surface area contributed by atoms with E-state index in [0.29, 0.717) is 19.3 Å². The fourth-order valence-corrected chi connectivity index (χ4v) is 5.04. The number of carbonyl (C=O) groups is 2. The third-order valence-corrected chi connectivity index (χ3v) is 6.84. The lowest BCUT2D eigenvalue weighted by molar-refractivity contribution is -0.169. The van der Waals surface area contributed by atoms with Gasteiger partial charge in [-0.3, -0.25) is 9.59 Å². The molecule has 4 rings (SSSR count). The topological polar surface area (TPSA) is 52.7 Å². The summed E-state index contributed by atoms with van der Waals surface area (Å²) in [4.78, 5) is 30.3. The Kier molecular flexibility index (Phi) is 5.41. The number of nitrogens with zero attached hydrogens (tertiary/aromatic N) is 2. The first-order chi connectivity index (χ1) is 13.5. The van der Waals surface area contributed by atoms with Crippen LogP contribution in [-0.2, 0) is 9.59 Å². The molecule has 1 saturated carbocycles. The molecule has 5 nitrogen and oxygen atoms in total. The van der Waals surface area contributed by atoms with Gasteiger partial charge < -0.3 is 15.1 Å². The number of amides is 2. The molecular weight excluding hydrogens is 357 g/mol. The summed E-state index contributed by atoms with van der Waals surface area (Å²) in [6.07, 6.45) is 7.27. The van der Waals surface area contributed by atoms with Gasteiger partial charge in [0, 0.05) is 19.1 Å². The van der Waals surface area contributed by atoms with E-state index in [-0.39, 0.29) is 29.7 Å². The smallest absolute Gasteiger partial charge is 0.246 e. The molecule has 0 radical (unpaired) electrons. The molecule has 28 heavy (non-hydrogen) atoms. The van der Waals surface area contributed by atoms with Crippen molar-refractivity contribution in [2.45, 2.75) is 69.0 Å². The molecule has 1 aliphatic carbocycles. The predicted molar refractivity (Wildman–Crippen MR) is 105 cm³/mol. The summed E-state index contributed by atoms with van der Waals surface area (Å²) in [5.74, 6) is -0.254. The lowest BCUT2D eigenvalue weighted by atomic mass is 9.78. The summed E-state index contributed by atoms with van der Waals surface area (Å²) < 4.78 is 13.4. The summed E-state index contributed by atoms with van der Waals surface area (Å²) in [6, 6.07) is 6.41. The van der Waals surface area contributed by atoms with E-state index in [1.165, 1.54) is 18.6 Å². The third kappa shape index (κ3) is 3.54. The van der Waals surface area contributed by atoms with Gasteiger partial charge in [-0.15, -0.1) is 0 Å². The van der Waals surface area contributed by atoms with E-state index in [2.05, 4.69) is 17.3 Å². The van der Waals surface area contributed by atoms with Gasteiger partial charge in [-0.25, -0.2) is 4.39 Å². The molecule has 3 aliphatic rings. The van der Waals surface area contributed by atoms with E-state index in [1.807, 2.05) is 4.90 Å². The van der Waals surface area contributed by atoms with Crippen LogP contribution in [-0.4, -0.2) is 53.3 Å². The summed E-state index contributed by atoms with van der Waals surface area (Å²) in [5.41, 5.74) is 0.114. The van der Waals surface area contributed by atoms with Crippen molar-refractivity contribution in [1.29, 1.82) is 0 Å². The highest BCUT2D eigenvalue weighted by molar-refractivity contribution is 5.95. The van der Waals surface area contributed by atoms with Crippen LogP contribution >= 0.6 is 0 Å². The standard InChI is InChI=1S/C22H30FN3O2/c1-25-13-11-22(12-14-25,21(28)24-18-5-3-2-4-6-18)26-19(15-20(26)27)16-7-9-17(23)10-8-16/h7-10,18-19H,2-6,11-15H2,1H3,(H,24,28). The minimum Gasteiger partial charge on any atom is -0.351 e. The van der Waals surface area contributed by atoms with E-state index < -0.39 is 5.54 Å². The lowest BCUT2D eigenvalue weighted by Gasteiger charge is -2.55. The predicted octanol–water partition coefficient (Wildman–Crippen LogP) is 3.01. The fraction of sp³-hybridized carbons (Fsp3) is 0.636. The quantitative estimate of drug-likeness (QED) is 0.808. The highest BCUT2D eigenvalue weighted by atomic mass is 19.1. The number of carbonyl (C=O) groups excluding carboxylic acids is 2. The van der Waals surface area contributed by atoms with Crippen molar-refractivity contribution in [3.8, 4) is 0 Å². The van der Waals surface area contributed by atoms with E-state index in [1.54, 1.807) is 12.1 Å². The second-order valence-electron chi connectivity index (χ2n) is 8.68.